The fourth-order valence-corrected chi connectivity index (χ4v) is 5.37. The molecule has 2 fully saturated rings. The minimum atomic E-state index is -4.36. The first-order chi connectivity index (χ1) is 14.3. The molecule has 2 heterocycles. The molecule has 0 aromatic heterocycles. The molecule has 2 aliphatic heterocycles. The summed E-state index contributed by atoms with van der Waals surface area (Å²) in [5.41, 5.74) is 0.512. The summed E-state index contributed by atoms with van der Waals surface area (Å²) >= 11 is 0. The predicted molar refractivity (Wildman–Crippen MR) is 108 cm³/mol. The van der Waals surface area contributed by atoms with Gasteiger partial charge in [-0.1, -0.05) is 13.0 Å². The third kappa shape index (κ3) is 4.37. The number of nitrogens with one attached hydrogen (secondary N) is 1. The van der Waals surface area contributed by atoms with Crippen molar-refractivity contribution in [1.82, 2.24) is 10.2 Å². The number of halogens is 3. The van der Waals surface area contributed by atoms with Crippen molar-refractivity contribution in [2.24, 2.45) is 5.41 Å². The van der Waals surface area contributed by atoms with Crippen LogP contribution in [0, 0.1) is 5.41 Å². The van der Waals surface area contributed by atoms with E-state index >= 15 is 0 Å². The molecule has 1 aromatic rings. The van der Waals surface area contributed by atoms with E-state index in [-0.39, 0.29) is 12.5 Å². The van der Waals surface area contributed by atoms with Crippen LogP contribution in [0.2, 0.25) is 0 Å². The molecule has 1 saturated carbocycles. The van der Waals surface area contributed by atoms with E-state index in [9.17, 15) is 18.0 Å². The number of hydrogen-bond acceptors (Lipinski definition) is 3. The van der Waals surface area contributed by atoms with Gasteiger partial charge in [0.05, 0.1) is 11.0 Å². The van der Waals surface area contributed by atoms with Gasteiger partial charge in [-0.3, -0.25) is 4.79 Å². The van der Waals surface area contributed by atoms with E-state index in [1.165, 1.54) is 6.07 Å². The molecule has 0 bridgehead atoms. The molecular formula is C23H31F3N2O2. The lowest BCUT2D eigenvalue weighted by atomic mass is 9.80. The minimum absolute atomic E-state index is 0.115. The maximum atomic E-state index is 13.5. The predicted octanol–water partition coefficient (Wildman–Crippen LogP) is 4.31. The normalized spacial score (nSPS) is 27.9. The quantitative estimate of drug-likeness (QED) is 0.783. The Morgan fingerprint density at radius 2 is 1.97 bits per heavy atom. The van der Waals surface area contributed by atoms with Crippen LogP contribution in [0.1, 0.15) is 62.1 Å². The van der Waals surface area contributed by atoms with E-state index in [1.807, 2.05) is 0 Å². The number of nitrogens with zero attached hydrogens (tertiary/aromatic N) is 1. The van der Waals surface area contributed by atoms with Gasteiger partial charge < -0.3 is 15.0 Å². The highest BCUT2D eigenvalue weighted by molar-refractivity contribution is 5.83. The molecule has 4 nitrogen and oxygen atoms in total. The van der Waals surface area contributed by atoms with Crippen LogP contribution in [0.15, 0.2) is 18.2 Å². The summed E-state index contributed by atoms with van der Waals surface area (Å²) in [6, 6.07) is 4.71. The Morgan fingerprint density at radius 3 is 2.67 bits per heavy atom. The Bertz CT molecular complexity index is 776. The van der Waals surface area contributed by atoms with Crippen molar-refractivity contribution in [3.8, 4) is 0 Å². The van der Waals surface area contributed by atoms with Gasteiger partial charge in [0.2, 0.25) is 5.91 Å². The summed E-state index contributed by atoms with van der Waals surface area (Å²) in [5.74, 6) is 0.115. The van der Waals surface area contributed by atoms with E-state index in [2.05, 4.69) is 12.2 Å². The standard InChI is InChI=1S/C23H31F3N2O2/c1-2-22(9-5-20(14-22)27-19-7-11-30-12-8-19)21(29)28-10-6-16-3-4-18(23(24,25)26)13-17(16)15-28/h3-4,13,19-20,27H,2,5-12,14-15H2,1H3. The van der Waals surface area contributed by atoms with Gasteiger partial charge in [-0.15, -0.1) is 0 Å². The van der Waals surface area contributed by atoms with E-state index in [4.69, 9.17) is 4.74 Å². The third-order valence-corrected chi connectivity index (χ3v) is 7.26. The van der Waals surface area contributed by atoms with Gasteiger partial charge in [-0.25, -0.2) is 0 Å². The first-order valence-electron chi connectivity index (χ1n) is 11.1. The summed E-state index contributed by atoms with van der Waals surface area (Å²) < 4.78 is 44.8. The van der Waals surface area contributed by atoms with Gasteiger partial charge in [0, 0.05) is 38.4 Å². The molecule has 1 amide bonds. The molecule has 2 unspecified atom stereocenters. The summed E-state index contributed by atoms with van der Waals surface area (Å²) in [7, 11) is 0. The minimum Gasteiger partial charge on any atom is -0.381 e. The highest BCUT2D eigenvalue weighted by Crippen LogP contribution is 2.44. The molecule has 7 heteroatoms. The second-order valence-electron chi connectivity index (χ2n) is 9.08. The number of ether oxygens (including phenoxy) is 1. The Hall–Kier alpha value is -1.60. The first kappa shape index (κ1) is 21.6. The lowest BCUT2D eigenvalue weighted by Gasteiger charge is -2.37. The number of benzene rings is 1. The number of alkyl halides is 3. The number of carbonyl (C=O) groups is 1. The Balaban J connectivity index is 1.44. The van der Waals surface area contributed by atoms with Crippen LogP contribution in [-0.2, 0) is 28.7 Å². The SMILES string of the molecule is CCC1(C(=O)N2CCc3ccc(C(F)(F)F)cc3C2)CCC(NC2CCOCC2)C1. The zero-order valence-corrected chi connectivity index (χ0v) is 17.6. The van der Waals surface area contributed by atoms with Gasteiger partial charge in [-0.2, -0.15) is 13.2 Å². The van der Waals surface area contributed by atoms with Crippen molar-refractivity contribution < 1.29 is 22.7 Å². The third-order valence-electron chi connectivity index (χ3n) is 7.26. The highest BCUT2D eigenvalue weighted by atomic mass is 19.4. The van der Waals surface area contributed by atoms with Crippen LogP contribution in [-0.4, -0.2) is 42.6 Å². The van der Waals surface area contributed by atoms with Crippen molar-refractivity contribution in [3.63, 3.8) is 0 Å². The number of hydrogen-bond donors (Lipinski definition) is 1. The molecule has 1 aliphatic carbocycles. The Morgan fingerprint density at radius 1 is 1.20 bits per heavy atom. The van der Waals surface area contributed by atoms with Crippen LogP contribution < -0.4 is 5.32 Å². The monoisotopic (exact) mass is 424 g/mol. The number of amides is 1. The van der Waals surface area contributed by atoms with E-state index in [0.717, 1.165) is 63.4 Å². The maximum Gasteiger partial charge on any atom is 0.416 e. The van der Waals surface area contributed by atoms with Gasteiger partial charge in [0.25, 0.3) is 0 Å². The highest BCUT2D eigenvalue weighted by Gasteiger charge is 2.46. The first-order valence-corrected chi connectivity index (χ1v) is 11.1. The average Bonchev–Trinajstić information content (AvgIpc) is 3.16. The van der Waals surface area contributed by atoms with Crippen molar-refractivity contribution >= 4 is 5.91 Å². The van der Waals surface area contributed by atoms with Crippen LogP contribution in [0.3, 0.4) is 0 Å². The van der Waals surface area contributed by atoms with Crippen LogP contribution in [0.25, 0.3) is 0 Å². The second kappa shape index (κ2) is 8.50. The molecule has 1 saturated heterocycles. The van der Waals surface area contributed by atoms with Gasteiger partial charge in [0.15, 0.2) is 0 Å². The zero-order valence-electron chi connectivity index (χ0n) is 17.6. The smallest absolute Gasteiger partial charge is 0.381 e. The number of fused-ring (bicyclic) bond motifs is 1. The molecule has 1 N–H and O–H groups in total. The molecular weight excluding hydrogens is 393 g/mol. The van der Waals surface area contributed by atoms with E-state index in [1.54, 1.807) is 11.0 Å². The zero-order chi connectivity index (χ0) is 21.4. The summed E-state index contributed by atoms with van der Waals surface area (Å²) in [4.78, 5) is 15.3. The van der Waals surface area contributed by atoms with Crippen LogP contribution >= 0.6 is 0 Å². The summed E-state index contributed by atoms with van der Waals surface area (Å²) in [6.45, 7) is 4.49. The van der Waals surface area contributed by atoms with Gasteiger partial charge >= 0.3 is 6.18 Å². The Kier molecular flexibility index (Phi) is 6.13. The molecule has 2 atom stereocenters. The van der Waals surface area contributed by atoms with E-state index < -0.39 is 17.2 Å². The van der Waals surface area contributed by atoms with Crippen LogP contribution in [0.4, 0.5) is 13.2 Å². The topological polar surface area (TPSA) is 41.6 Å². The average molecular weight is 425 g/mol. The molecule has 1 aromatic carbocycles. The van der Waals surface area contributed by atoms with Crippen molar-refractivity contribution in [1.29, 1.82) is 0 Å². The molecule has 3 aliphatic rings. The fourth-order valence-electron chi connectivity index (χ4n) is 5.37. The number of rotatable bonds is 4. The number of carbonyl (C=O) groups excluding carboxylic acids is 1. The van der Waals surface area contributed by atoms with Gasteiger partial charge in [-0.05, 0) is 68.2 Å². The van der Waals surface area contributed by atoms with Crippen LogP contribution in [0.5, 0.6) is 0 Å². The lowest BCUT2D eigenvalue weighted by Crippen LogP contribution is -2.46. The molecule has 166 valence electrons. The van der Waals surface area contributed by atoms with E-state index in [0.29, 0.717) is 30.6 Å². The summed E-state index contributed by atoms with van der Waals surface area (Å²) in [5, 5.41) is 3.73. The second-order valence-corrected chi connectivity index (χ2v) is 9.08. The molecule has 0 spiro atoms. The fraction of sp³-hybridized carbons (Fsp3) is 0.696. The van der Waals surface area contributed by atoms with Crippen molar-refractivity contribution in [2.45, 2.75) is 76.7 Å². The van der Waals surface area contributed by atoms with Crippen molar-refractivity contribution in [2.75, 3.05) is 19.8 Å². The van der Waals surface area contributed by atoms with Gasteiger partial charge in [0.1, 0.15) is 0 Å². The van der Waals surface area contributed by atoms with Crippen molar-refractivity contribution in [3.05, 3.63) is 34.9 Å². The maximum absolute atomic E-state index is 13.5. The largest absolute Gasteiger partial charge is 0.416 e. The molecule has 4 rings (SSSR count). The summed E-state index contributed by atoms with van der Waals surface area (Å²) in [6.07, 6.45) is 1.66. The molecule has 30 heavy (non-hydrogen) atoms. The Labute approximate surface area is 176 Å². The lowest BCUT2D eigenvalue weighted by molar-refractivity contribution is -0.143. The molecule has 0 radical (unpaired) electrons.